The molecule has 6 rings (SSSR count). The molecule has 1 aromatic carbocycles. The smallest absolute Gasteiger partial charge is 0.305 e. The quantitative estimate of drug-likeness (QED) is 0.559. The lowest BCUT2D eigenvalue weighted by atomic mass is 9.83. The Morgan fingerprint density at radius 3 is 2.76 bits per heavy atom. The van der Waals surface area contributed by atoms with E-state index in [0.717, 1.165) is 28.8 Å². The second-order valence-electron chi connectivity index (χ2n) is 10.4. The van der Waals surface area contributed by atoms with Crippen LogP contribution in [-0.4, -0.2) is 82.7 Å². The Morgan fingerprint density at radius 1 is 1.13 bits per heavy atom. The highest BCUT2D eigenvalue weighted by molar-refractivity contribution is 7.86. The molecule has 9 nitrogen and oxygen atoms in total. The molecule has 1 aromatic heterocycles. The van der Waals surface area contributed by atoms with Crippen LogP contribution in [0.3, 0.4) is 0 Å². The van der Waals surface area contributed by atoms with Gasteiger partial charge in [0, 0.05) is 26.2 Å². The summed E-state index contributed by atoms with van der Waals surface area (Å²) in [5.74, 6) is 0.419. The Hall–Kier alpha value is -2.99. The number of H-pyrrole nitrogens is 1. The van der Waals surface area contributed by atoms with E-state index in [1.165, 1.54) is 22.0 Å². The Labute approximate surface area is 222 Å². The first-order chi connectivity index (χ1) is 18.4. The van der Waals surface area contributed by atoms with Crippen molar-refractivity contribution in [3.05, 3.63) is 82.2 Å². The van der Waals surface area contributed by atoms with E-state index in [0.29, 0.717) is 51.4 Å². The molecule has 0 saturated carbocycles. The summed E-state index contributed by atoms with van der Waals surface area (Å²) in [6.45, 7) is 2.58. The van der Waals surface area contributed by atoms with Gasteiger partial charge in [-0.25, -0.2) is 8.70 Å². The SMILES string of the molecule is O=S(=O)(N1CCC2=Cc3[nH]ncc3C[C@H]2C1)N1CC(COCc2ccc(F)cc2)=CC=C1N1CC[C@@H](O)C1. The van der Waals surface area contributed by atoms with Gasteiger partial charge in [-0.3, -0.25) is 5.10 Å². The largest absolute Gasteiger partial charge is 0.391 e. The van der Waals surface area contributed by atoms with Gasteiger partial charge in [0.15, 0.2) is 0 Å². The van der Waals surface area contributed by atoms with Crippen LogP contribution in [0.5, 0.6) is 0 Å². The van der Waals surface area contributed by atoms with Crippen LogP contribution in [0.25, 0.3) is 6.08 Å². The van der Waals surface area contributed by atoms with Crippen LogP contribution in [0, 0.1) is 11.7 Å². The molecule has 2 atom stereocenters. The number of aromatic nitrogens is 2. The van der Waals surface area contributed by atoms with Gasteiger partial charge < -0.3 is 14.7 Å². The molecule has 1 aliphatic carbocycles. The summed E-state index contributed by atoms with van der Waals surface area (Å²) in [6, 6.07) is 6.14. The molecule has 202 valence electrons. The highest BCUT2D eigenvalue weighted by Crippen LogP contribution is 2.36. The number of ether oxygens (including phenoxy) is 1. The number of hydrogen-bond acceptors (Lipinski definition) is 6. The molecule has 0 spiro atoms. The van der Waals surface area contributed by atoms with E-state index in [1.807, 2.05) is 23.2 Å². The van der Waals surface area contributed by atoms with Crippen molar-refractivity contribution in [2.75, 3.05) is 39.3 Å². The number of piperidine rings is 1. The zero-order valence-corrected chi connectivity index (χ0v) is 21.9. The summed E-state index contributed by atoms with van der Waals surface area (Å²) in [5, 5.41) is 17.3. The number of nitrogens with zero attached hydrogens (tertiary/aromatic N) is 4. The maximum atomic E-state index is 14.1. The van der Waals surface area contributed by atoms with E-state index in [4.69, 9.17) is 4.74 Å². The van der Waals surface area contributed by atoms with Crippen molar-refractivity contribution < 1.29 is 22.7 Å². The van der Waals surface area contributed by atoms with Crippen LogP contribution >= 0.6 is 0 Å². The molecule has 3 aliphatic heterocycles. The monoisotopic (exact) mass is 541 g/mol. The zero-order valence-electron chi connectivity index (χ0n) is 21.1. The third-order valence-corrected chi connectivity index (χ3v) is 9.63. The molecular formula is C27H32FN5O4S. The molecule has 0 bridgehead atoms. The van der Waals surface area contributed by atoms with Crippen molar-refractivity contribution in [3.8, 4) is 0 Å². The number of nitrogens with one attached hydrogen (secondary N) is 1. The topological polar surface area (TPSA) is 102 Å². The Morgan fingerprint density at radius 2 is 1.97 bits per heavy atom. The van der Waals surface area contributed by atoms with Crippen molar-refractivity contribution in [1.29, 1.82) is 0 Å². The third-order valence-electron chi connectivity index (χ3n) is 7.78. The van der Waals surface area contributed by atoms with Crippen LogP contribution in [0.2, 0.25) is 0 Å². The van der Waals surface area contributed by atoms with Gasteiger partial charge in [0.2, 0.25) is 0 Å². The van der Waals surface area contributed by atoms with E-state index >= 15 is 0 Å². The normalized spacial score (nSPS) is 24.0. The Kier molecular flexibility index (Phi) is 6.85. The van der Waals surface area contributed by atoms with Gasteiger partial charge in [-0.15, -0.1) is 0 Å². The van der Waals surface area contributed by atoms with Gasteiger partial charge in [-0.2, -0.15) is 17.8 Å². The molecule has 4 aliphatic rings. The van der Waals surface area contributed by atoms with Crippen molar-refractivity contribution in [2.24, 2.45) is 5.92 Å². The van der Waals surface area contributed by atoms with Crippen molar-refractivity contribution in [3.63, 3.8) is 0 Å². The van der Waals surface area contributed by atoms with Crippen molar-refractivity contribution in [2.45, 2.75) is 32.0 Å². The first-order valence-electron chi connectivity index (χ1n) is 13.0. The number of β-amino-alcohol motifs (C(OH)–C–C–N with tert-alkyl or cyclic N) is 1. The zero-order chi connectivity index (χ0) is 26.3. The number of halogens is 1. The van der Waals surface area contributed by atoms with Crippen LogP contribution < -0.4 is 0 Å². The summed E-state index contributed by atoms with van der Waals surface area (Å²) in [6.07, 6.45) is 9.27. The van der Waals surface area contributed by atoms with E-state index in [9.17, 15) is 17.9 Å². The molecule has 0 unspecified atom stereocenters. The number of fused-ring (bicyclic) bond motifs is 2. The summed E-state index contributed by atoms with van der Waals surface area (Å²) in [5.41, 5.74) is 5.08. The number of hydrogen-bond donors (Lipinski definition) is 2. The lowest BCUT2D eigenvalue weighted by Crippen LogP contribution is -2.51. The Bertz CT molecular complexity index is 1380. The molecule has 2 N–H and O–H groups in total. The molecule has 2 fully saturated rings. The fourth-order valence-electron chi connectivity index (χ4n) is 5.69. The predicted molar refractivity (Wildman–Crippen MR) is 140 cm³/mol. The molecule has 2 saturated heterocycles. The summed E-state index contributed by atoms with van der Waals surface area (Å²) in [4.78, 5) is 1.95. The van der Waals surface area contributed by atoms with Gasteiger partial charge in [-0.05, 0) is 66.2 Å². The van der Waals surface area contributed by atoms with Crippen LogP contribution in [-0.2, 0) is 28.0 Å². The number of rotatable bonds is 7. The molecule has 0 radical (unpaired) electrons. The lowest BCUT2D eigenvalue weighted by Gasteiger charge is -2.41. The summed E-state index contributed by atoms with van der Waals surface area (Å²) in [7, 11) is -3.83. The highest BCUT2D eigenvalue weighted by Gasteiger charge is 2.40. The van der Waals surface area contributed by atoms with Crippen LogP contribution in [0.15, 0.2) is 59.6 Å². The fraction of sp³-hybridized carbons (Fsp3) is 0.444. The number of aromatic amines is 1. The van der Waals surface area contributed by atoms with Crippen LogP contribution in [0.4, 0.5) is 4.39 Å². The molecule has 11 heteroatoms. The van der Waals surface area contributed by atoms with Gasteiger partial charge in [-0.1, -0.05) is 23.8 Å². The van der Waals surface area contributed by atoms with Gasteiger partial charge in [0.25, 0.3) is 0 Å². The second-order valence-corrected chi connectivity index (χ2v) is 12.3. The van der Waals surface area contributed by atoms with E-state index in [2.05, 4.69) is 16.3 Å². The molecule has 38 heavy (non-hydrogen) atoms. The number of likely N-dealkylation sites (tertiary alicyclic amines) is 1. The third kappa shape index (κ3) is 5.03. The maximum Gasteiger partial charge on any atom is 0.305 e. The van der Waals surface area contributed by atoms with Crippen LogP contribution in [0.1, 0.15) is 29.7 Å². The minimum Gasteiger partial charge on any atom is -0.391 e. The molecule has 0 amide bonds. The average molecular weight is 542 g/mol. The summed E-state index contributed by atoms with van der Waals surface area (Å²) < 4.78 is 50.3. The first-order valence-corrected chi connectivity index (χ1v) is 14.4. The maximum absolute atomic E-state index is 14.1. The predicted octanol–water partition coefficient (Wildman–Crippen LogP) is 2.42. The van der Waals surface area contributed by atoms with E-state index < -0.39 is 16.3 Å². The molecule has 2 aromatic rings. The fourth-order valence-corrected chi connectivity index (χ4v) is 7.40. The molecule has 4 heterocycles. The number of aliphatic hydroxyl groups is 1. The highest BCUT2D eigenvalue weighted by atomic mass is 32.2. The van der Waals surface area contributed by atoms with E-state index in [1.54, 1.807) is 16.4 Å². The minimum absolute atomic E-state index is 0.128. The number of benzene rings is 1. The van der Waals surface area contributed by atoms with Gasteiger partial charge in [0.05, 0.1) is 37.8 Å². The molecular weight excluding hydrogens is 509 g/mol. The first kappa shape index (κ1) is 25.3. The standard InChI is InChI=1S/C27H32FN5O4S/c28-24-4-1-19(2-5-24)17-37-18-20-3-6-27(31-9-8-25(34)16-31)33(14-20)38(35,36)32-10-7-21-12-26-22(13-29-30-26)11-23(21)15-32/h1-6,12-13,23,25,34H,7-11,14-18H2,(H,29,30)/t23-,25+/m0/s1. The van der Waals surface area contributed by atoms with Gasteiger partial charge >= 0.3 is 10.2 Å². The van der Waals surface area contributed by atoms with E-state index in [-0.39, 0.29) is 24.9 Å². The lowest BCUT2D eigenvalue weighted by molar-refractivity contribution is 0.137. The number of allylic oxidation sites excluding steroid dienone is 2. The van der Waals surface area contributed by atoms with Crippen molar-refractivity contribution >= 4 is 16.3 Å². The second kappa shape index (κ2) is 10.3. The van der Waals surface area contributed by atoms with Gasteiger partial charge in [0.1, 0.15) is 11.6 Å². The average Bonchev–Trinajstić information content (AvgIpc) is 3.56. The summed E-state index contributed by atoms with van der Waals surface area (Å²) >= 11 is 0. The van der Waals surface area contributed by atoms with Crippen molar-refractivity contribution in [1.82, 2.24) is 23.7 Å². The minimum atomic E-state index is -3.83. The number of aliphatic hydroxyl groups excluding tert-OH is 1. The Balaban J connectivity index is 1.19.